The predicted molar refractivity (Wildman–Crippen MR) is 144 cm³/mol. The summed E-state index contributed by atoms with van der Waals surface area (Å²) in [6, 6.07) is 7.60. The standard InChI is InChI=1S/C30H26F9NO5S/c1-26(2,42)25(41)40-15-14-27(17-40,46(43,44)21-12-10-20(31)11-13-21)18-6-8-19(9-7-18)28(29(34,35)36,30(37,38)39)45-16-22-23(32)4-3-5-24(22)33/h3-13,42H,14-17H2,1-2H3/t27-/m0/s1. The lowest BCUT2D eigenvalue weighted by atomic mass is 9.88. The van der Waals surface area contributed by atoms with Gasteiger partial charge >= 0.3 is 12.4 Å². The van der Waals surface area contributed by atoms with E-state index in [4.69, 9.17) is 0 Å². The molecule has 0 radical (unpaired) electrons. The minimum absolute atomic E-state index is 0.280. The highest BCUT2D eigenvalue weighted by Crippen LogP contribution is 2.54. The highest BCUT2D eigenvalue weighted by Gasteiger charge is 2.73. The van der Waals surface area contributed by atoms with E-state index >= 15 is 0 Å². The molecular formula is C30H26F9NO5S. The second-order valence-corrected chi connectivity index (χ2v) is 13.5. The molecule has 3 aromatic carbocycles. The Kier molecular flexibility index (Phi) is 9.09. The van der Waals surface area contributed by atoms with E-state index in [0.717, 1.165) is 49.1 Å². The van der Waals surface area contributed by atoms with E-state index in [1.54, 1.807) is 0 Å². The molecule has 1 N–H and O–H groups in total. The summed E-state index contributed by atoms with van der Waals surface area (Å²) in [6.07, 6.45) is -12.9. The van der Waals surface area contributed by atoms with Crippen molar-refractivity contribution < 1.29 is 62.6 Å². The van der Waals surface area contributed by atoms with E-state index in [1.807, 2.05) is 0 Å². The Morgan fingerprint density at radius 1 is 0.870 bits per heavy atom. The first-order chi connectivity index (χ1) is 21.1. The van der Waals surface area contributed by atoms with Gasteiger partial charge in [0.25, 0.3) is 11.5 Å². The van der Waals surface area contributed by atoms with Crippen LogP contribution < -0.4 is 0 Å². The predicted octanol–water partition coefficient (Wildman–Crippen LogP) is 6.31. The summed E-state index contributed by atoms with van der Waals surface area (Å²) in [7, 11) is -4.64. The van der Waals surface area contributed by atoms with E-state index in [1.165, 1.54) is 0 Å². The largest absolute Gasteiger partial charge is 0.430 e. The summed E-state index contributed by atoms with van der Waals surface area (Å²) in [5.74, 6) is -4.60. The van der Waals surface area contributed by atoms with Crippen LogP contribution in [0.4, 0.5) is 39.5 Å². The highest BCUT2D eigenvalue weighted by molar-refractivity contribution is 7.92. The van der Waals surface area contributed by atoms with Gasteiger partial charge < -0.3 is 14.7 Å². The number of rotatable bonds is 8. The number of carbonyl (C=O) groups is 1. The van der Waals surface area contributed by atoms with Crippen LogP contribution in [0.3, 0.4) is 0 Å². The van der Waals surface area contributed by atoms with Gasteiger partial charge in [-0.05, 0) is 62.2 Å². The fourth-order valence-corrected chi connectivity index (χ4v) is 7.46. The van der Waals surface area contributed by atoms with Crippen LogP contribution in [-0.2, 0) is 36.3 Å². The summed E-state index contributed by atoms with van der Waals surface area (Å²) < 4.78 is 159. The molecule has 0 unspecified atom stereocenters. The normalized spacial score (nSPS) is 18.2. The molecule has 1 atom stereocenters. The van der Waals surface area contributed by atoms with Gasteiger partial charge in [-0.2, -0.15) is 26.3 Å². The van der Waals surface area contributed by atoms with E-state index in [-0.39, 0.29) is 12.1 Å². The first kappa shape index (κ1) is 35.2. The highest BCUT2D eigenvalue weighted by atomic mass is 32.2. The minimum Gasteiger partial charge on any atom is -0.381 e. The van der Waals surface area contributed by atoms with Gasteiger partial charge in [-0.25, -0.2) is 21.6 Å². The van der Waals surface area contributed by atoms with Gasteiger partial charge in [0.05, 0.1) is 11.5 Å². The lowest BCUT2D eigenvalue weighted by Crippen LogP contribution is -2.56. The van der Waals surface area contributed by atoms with Crippen molar-refractivity contribution in [2.75, 3.05) is 13.1 Å². The number of carbonyl (C=O) groups excluding carboxylic acids is 1. The number of hydrogen-bond donors (Lipinski definition) is 1. The zero-order valence-electron chi connectivity index (χ0n) is 24.0. The molecule has 1 amide bonds. The molecule has 1 aliphatic rings. The number of nitrogens with zero attached hydrogens (tertiary/aromatic N) is 1. The Balaban J connectivity index is 1.87. The molecule has 0 aromatic heterocycles. The Morgan fingerprint density at radius 2 is 1.39 bits per heavy atom. The summed E-state index contributed by atoms with van der Waals surface area (Å²) in [5.41, 5.74) is -10.2. The zero-order valence-corrected chi connectivity index (χ0v) is 24.8. The Hall–Kier alpha value is -3.63. The third kappa shape index (κ3) is 5.97. The Labute approximate surface area is 257 Å². The molecule has 1 aliphatic heterocycles. The van der Waals surface area contributed by atoms with E-state index in [9.17, 15) is 57.8 Å². The molecule has 0 spiro atoms. The van der Waals surface area contributed by atoms with Gasteiger partial charge in [0.15, 0.2) is 9.84 Å². The molecule has 1 saturated heterocycles. The smallest absolute Gasteiger partial charge is 0.381 e. The van der Waals surface area contributed by atoms with Crippen molar-refractivity contribution in [2.45, 2.75) is 60.1 Å². The summed E-state index contributed by atoms with van der Waals surface area (Å²) in [5, 5.41) is 10.2. The van der Waals surface area contributed by atoms with E-state index < -0.39 is 97.1 Å². The number of hydrogen-bond acceptors (Lipinski definition) is 5. The molecule has 6 nitrogen and oxygen atoms in total. The molecule has 4 rings (SSSR count). The van der Waals surface area contributed by atoms with Gasteiger partial charge in [0, 0.05) is 24.2 Å². The van der Waals surface area contributed by atoms with Gasteiger partial charge in [-0.3, -0.25) is 4.79 Å². The lowest BCUT2D eigenvalue weighted by Gasteiger charge is -2.38. The van der Waals surface area contributed by atoms with Crippen molar-refractivity contribution >= 4 is 15.7 Å². The van der Waals surface area contributed by atoms with E-state index in [2.05, 4.69) is 4.74 Å². The van der Waals surface area contributed by atoms with Crippen molar-refractivity contribution in [3.8, 4) is 0 Å². The third-order valence-electron chi connectivity index (χ3n) is 7.79. The maximum atomic E-state index is 14.4. The topological polar surface area (TPSA) is 83.9 Å². The van der Waals surface area contributed by atoms with Gasteiger partial charge in [-0.1, -0.05) is 30.3 Å². The number of alkyl halides is 6. The molecule has 16 heteroatoms. The van der Waals surface area contributed by atoms with Crippen molar-refractivity contribution in [1.82, 2.24) is 4.90 Å². The average Bonchev–Trinajstić information content (AvgIpc) is 3.40. The fourth-order valence-electron chi connectivity index (χ4n) is 5.39. The van der Waals surface area contributed by atoms with E-state index in [0.29, 0.717) is 36.4 Å². The molecular weight excluding hydrogens is 657 g/mol. The first-order valence-corrected chi connectivity index (χ1v) is 14.9. The van der Waals surface area contributed by atoms with Crippen LogP contribution in [0, 0.1) is 17.5 Å². The van der Waals surface area contributed by atoms with Crippen LogP contribution in [0.25, 0.3) is 0 Å². The summed E-state index contributed by atoms with van der Waals surface area (Å²) >= 11 is 0. The maximum absolute atomic E-state index is 14.4. The Morgan fingerprint density at radius 3 is 1.87 bits per heavy atom. The average molecular weight is 684 g/mol. The van der Waals surface area contributed by atoms with Gasteiger partial charge in [-0.15, -0.1) is 0 Å². The molecule has 0 bridgehead atoms. The van der Waals surface area contributed by atoms with Crippen LogP contribution in [0.1, 0.15) is 37.0 Å². The number of benzene rings is 3. The lowest BCUT2D eigenvalue weighted by molar-refractivity contribution is -0.392. The summed E-state index contributed by atoms with van der Waals surface area (Å²) in [4.78, 5) is 13.4. The summed E-state index contributed by atoms with van der Waals surface area (Å²) in [6.45, 7) is -0.450. The zero-order chi connectivity index (χ0) is 34.5. The van der Waals surface area contributed by atoms with Crippen LogP contribution in [0.15, 0.2) is 71.6 Å². The quantitative estimate of drug-likeness (QED) is 0.222. The number of aliphatic hydroxyl groups is 1. The van der Waals surface area contributed by atoms with Crippen LogP contribution in [-0.4, -0.2) is 55.4 Å². The fraction of sp³-hybridized carbons (Fsp3) is 0.367. The number of halogens is 9. The molecule has 1 heterocycles. The second-order valence-electron chi connectivity index (χ2n) is 11.2. The number of amides is 1. The molecule has 1 fully saturated rings. The SMILES string of the molecule is CC(C)(O)C(=O)N1CC[C@](c2ccc(C(OCc3c(F)cccc3F)(C(F)(F)F)C(F)(F)F)cc2)(S(=O)(=O)c2ccc(F)cc2)C1. The molecule has 46 heavy (non-hydrogen) atoms. The third-order valence-corrected chi connectivity index (χ3v) is 10.3. The second kappa shape index (κ2) is 11.9. The molecule has 250 valence electrons. The Bertz CT molecular complexity index is 1670. The van der Waals surface area contributed by atoms with Crippen LogP contribution >= 0.6 is 0 Å². The monoisotopic (exact) mass is 683 g/mol. The number of sulfone groups is 1. The molecule has 0 saturated carbocycles. The van der Waals surface area contributed by atoms with Crippen molar-refractivity contribution in [1.29, 1.82) is 0 Å². The number of likely N-dealkylation sites (tertiary alicyclic amines) is 1. The van der Waals surface area contributed by atoms with Crippen LogP contribution in [0.2, 0.25) is 0 Å². The van der Waals surface area contributed by atoms with Crippen molar-refractivity contribution in [2.24, 2.45) is 0 Å². The molecule has 0 aliphatic carbocycles. The van der Waals surface area contributed by atoms with Gasteiger partial charge in [0.2, 0.25) is 0 Å². The minimum atomic E-state index is -6.24. The van der Waals surface area contributed by atoms with Crippen LogP contribution in [0.5, 0.6) is 0 Å². The van der Waals surface area contributed by atoms with Gasteiger partial charge in [0.1, 0.15) is 27.8 Å². The first-order valence-electron chi connectivity index (χ1n) is 13.4. The van der Waals surface area contributed by atoms with Crippen molar-refractivity contribution in [3.63, 3.8) is 0 Å². The number of ether oxygens (including phenoxy) is 1. The maximum Gasteiger partial charge on any atom is 0.430 e. The van der Waals surface area contributed by atoms with Crippen molar-refractivity contribution in [3.05, 3.63) is 101 Å². The molecule has 3 aromatic rings.